The number of hydrogen-bond donors (Lipinski definition) is 1. The summed E-state index contributed by atoms with van der Waals surface area (Å²) in [5.41, 5.74) is 8.03. The van der Waals surface area contributed by atoms with Crippen LogP contribution in [0, 0.1) is 5.92 Å². The maximum atomic E-state index is 5.69. The number of pyridine rings is 1. The molecule has 0 saturated heterocycles. The van der Waals surface area contributed by atoms with E-state index in [0.29, 0.717) is 5.82 Å². The minimum absolute atomic E-state index is 0.591. The fourth-order valence-corrected chi connectivity index (χ4v) is 1.79. The predicted octanol–water partition coefficient (Wildman–Crippen LogP) is 3.41. The molecule has 0 aliphatic carbocycles. The van der Waals surface area contributed by atoms with Gasteiger partial charge in [0.15, 0.2) is 0 Å². The molecule has 0 unspecified atom stereocenters. The van der Waals surface area contributed by atoms with Gasteiger partial charge in [-0.2, -0.15) is 0 Å². The number of fused-ring (bicyclic) bond motifs is 1. The number of benzene rings is 1. The quantitative estimate of drug-likeness (QED) is 0.850. The zero-order chi connectivity index (χ0) is 11.5. The average Bonchev–Trinajstić information content (AvgIpc) is 2.25. The van der Waals surface area contributed by atoms with Gasteiger partial charge in [0.25, 0.3) is 0 Å². The molecule has 0 bridgehead atoms. The van der Waals surface area contributed by atoms with E-state index in [2.05, 4.69) is 37.0 Å². The second kappa shape index (κ2) is 4.52. The van der Waals surface area contributed by atoms with E-state index in [9.17, 15) is 0 Å². The molecule has 16 heavy (non-hydrogen) atoms. The van der Waals surface area contributed by atoms with E-state index < -0.39 is 0 Å². The van der Waals surface area contributed by atoms with Gasteiger partial charge in [0.1, 0.15) is 5.82 Å². The third kappa shape index (κ3) is 2.51. The lowest BCUT2D eigenvalue weighted by molar-refractivity contribution is 0.587. The average molecular weight is 214 g/mol. The fourth-order valence-electron chi connectivity index (χ4n) is 1.79. The van der Waals surface area contributed by atoms with Crippen LogP contribution in [0.4, 0.5) is 5.82 Å². The topological polar surface area (TPSA) is 38.9 Å². The molecule has 84 valence electrons. The lowest BCUT2D eigenvalue weighted by atomic mass is 10.0. The minimum Gasteiger partial charge on any atom is -0.384 e. The van der Waals surface area contributed by atoms with Crippen LogP contribution in [0.5, 0.6) is 0 Å². The molecule has 1 aromatic heterocycles. The van der Waals surface area contributed by atoms with Crippen molar-refractivity contribution in [3.05, 3.63) is 35.9 Å². The molecule has 2 heteroatoms. The van der Waals surface area contributed by atoms with Crippen LogP contribution in [-0.4, -0.2) is 4.98 Å². The maximum absolute atomic E-state index is 5.69. The largest absolute Gasteiger partial charge is 0.384 e. The lowest BCUT2D eigenvalue weighted by Crippen LogP contribution is -1.94. The van der Waals surface area contributed by atoms with Gasteiger partial charge in [0.05, 0.1) is 5.52 Å². The highest BCUT2D eigenvalue weighted by atomic mass is 14.8. The number of hydrogen-bond acceptors (Lipinski definition) is 2. The van der Waals surface area contributed by atoms with E-state index >= 15 is 0 Å². The predicted molar refractivity (Wildman–Crippen MR) is 69.3 cm³/mol. The minimum atomic E-state index is 0.591. The van der Waals surface area contributed by atoms with Crippen molar-refractivity contribution in [1.82, 2.24) is 4.98 Å². The summed E-state index contributed by atoms with van der Waals surface area (Å²) < 4.78 is 0. The second-order valence-corrected chi connectivity index (χ2v) is 4.70. The third-order valence-electron chi connectivity index (χ3n) is 2.79. The summed E-state index contributed by atoms with van der Waals surface area (Å²) in [6.45, 7) is 4.49. The zero-order valence-corrected chi connectivity index (χ0v) is 9.90. The number of anilines is 1. The number of aromatic nitrogens is 1. The standard InChI is InChI=1S/C14H18N2/c1-10(2)3-4-11-5-6-12-7-8-14(15)16-13(12)9-11/h5-10H,3-4H2,1-2H3,(H2,15,16). The maximum Gasteiger partial charge on any atom is 0.124 e. The van der Waals surface area contributed by atoms with Crippen molar-refractivity contribution in [3.8, 4) is 0 Å². The molecule has 1 aromatic carbocycles. The second-order valence-electron chi connectivity index (χ2n) is 4.70. The molecular formula is C14H18N2. The van der Waals surface area contributed by atoms with Crippen LogP contribution in [0.15, 0.2) is 30.3 Å². The highest BCUT2D eigenvalue weighted by molar-refractivity contribution is 5.80. The van der Waals surface area contributed by atoms with Crippen molar-refractivity contribution in [3.63, 3.8) is 0 Å². The molecule has 2 nitrogen and oxygen atoms in total. The van der Waals surface area contributed by atoms with Crippen LogP contribution >= 0.6 is 0 Å². The van der Waals surface area contributed by atoms with E-state index in [1.165, 1.54) is 12.0 Å². The lowest BCUT2D eigenvalue weighted by Gasteiger charge is -2.06. The van der Waals surface area contributed by atoms with Gasteiger partial charge in [0, 0.05) is 5.39 Å². The highest BCUT2D eigenvalue weighted by Gasteiger charge is 2.00. The number of nitrogens with two attached hydrogens (primary N) is 1. The van der Waals surface area contributed by atoms with Gasteiger partial charge in [0.2, 0.25) is 0 Å². The first kappa shape index (κ1) is 10.9. The Kier molecular flexibility index (Phi) is 3.09. The summed E-state index contributed by atoms with van der Waals surface area (Å²) in [4.78, 5) is 4.34. The molecule has 0 atom stereocenters. The Morgan fingerprint density at radius 3 is 2.69 bits per heavy atom. The van der Waals surface area contributed by atoms with Gasteiger partial charge < -0.3 is 5.73 Å². The molecule has 2 rings (SSSR count). The molecule has 0 spiro atoms. The molecule has 2 aromatic rings. The summed E-state index contributed by atoms with van der Waals surface area (Å²) in [6, 6.07) is 10.3. The van der Waals surface area contributed by atoms with Gasteiger partial charge in [-0.1, -0.05) is 26.0 Å². The van der Waals surface area contributed by atoms with Crippen LogP contribution in [0.2, 0.25) is 0 Å². The van der Waals surface area contributed by atoms with Crippen molar-refractivity contribution in [1.29, 1.82) is 0 Å². The number of rotatable bonds is 3. The first-order chi connectivity index (χ1) is 7.65. The van der Waals surface area contributed by atoms with Gasteiger partial charge in [-0.05, 0) is 42.5 Å². The van der Waals surface area contributed by atoms with Crippen molar-refractivity contribution >= 4 is 16.7 Å². The Morgan fingerprint density at radius 2 is 1.94 bits per heavy atom. The Labute approximate surface area is 96.5 Å². The van der Waals surface area contributed by atoms with Crippen LogP contribution < -0.4 is 5.73 Å². The summed E-state index contributed by atoms with van der Waals surface area (Å²) in [6.07, 6.45) is 2.33. The SMILES string of the molecule is CC(C)CCc1ccc2ccc(N)nc2c1. The van der Waals surface area contributed by atoms with Gasteiger partial charge in [-0.25, -0.2) is 4.98 Å². The van der Waals surface area contributed by atoms with Gasteiger partial charge in [-0.15, -0.1) is 0 Å². The molecule has 0 amide bonds. The molecule has 0 fully saturated rings. The van der Waals surface area contributed by atoms with Crippen LogP contribution in [-0.2, 0) is 6.42 Å². The Bertz CT molecular complexity index is 489. The first-order valence-corrected chi connectivity index (χ1v) is 5.80. The normalized spacial score (nSPS) is 11.2. The van der Waals surface area contributed by atoms with E-state index in [4.69, 9.17) is 5.73 Å². The number of nitrogens with zero attached hydrogens (tertiary/aromatic N) is 1. The van der Waals surface area contributed by atoms with Crippen LogP contribution in [0.1, 0.15) is 25.8 Å². The highest BCUT2D eigenvalue weighted by Crippen LogP contribution is 2.17. The summed E-state index contributed by atoms with van der Waals surface area (Å²) in [5, 5.41) is 1.16. The van der Waals surface area contributed by atoms with Gasteiger partial charge in [-0.3, -0.25) is 0 Å². The summed E-state index contributed by atoms with van der Waals surface area (Å²) >= 11 is 0. The van der Waals surface area contributed by atoms with Crippen molar-refractivity contribution < 1.29 is 0 Å². The number of nitrogen functional groups attached to an aromatic ring is 1. The molecule has 0 radical (unpaired) electrons. The van der Waals surface area contributed by atoms with E-state index in [0.717, 1.165) is 23.2 Å². The molecule has 0 aliphatic rings. The molecule has 2 N–H and O–H groups in total. The van der Waals surface area contributed by atoms with E-state index in [1.807, 2.05) is 12.1 Å². The van der Waals surface area contributed by atoms with Crippen LogP contribution in [0.3, 0.4) is 0 Å². The third-order valence-corrected chi connectivity index (χ3v) is 2.79. The van der Waals surface area contributed by atoms with Crippen molar-refractivity contribution in [2.45, 2.75) is 26.7 Å². The molecule has 0 saturated carbocycles. The van der Waals surface area contributed by atoms with E-state index in [1.54, 1.807) is 0 Å². The number of aryl methyl sites for hydroxylation is 1. The van der Waals surface area contributed by atoms with Gasteiger partial charge >= 0.3 is 0 Å². The molecular weight excluding hydrogens is 196 g/mol. The summed E-state index contributed by atoms with van der Waals surface area (Å²) in [5.74, 6) is 1.33. The van der Waals surface area contributed by atoms with Crippen LogP contribution in [0.25, 0.3) is 10.9 Å². The molecule has 1 heterocycles. The Balaban J connectivity index is 2.28. The Morgan fingerprint density at radius 1 is 1.19 bits per heavy atom. The fraction of sp³-hybridized carbons (Fsp3) is 0.357. The zero-order valence-electron chi connectivity index (χ0n) is 9.90. The molecule has 0 aliphatic heterocycles. The first-order valence-electron chi connectivity index (χ1n) is 5.80. The van der Waals surface area contributed by atoms with Crippen molar-refractivity contribution in [2.24, 2.45) is 5.92 Å². The summed E-state index contributed by atoms with van der Waals surface area (Å²) in [7, 11) is 0. The van der Waals surface area contributed by atoms with E-state index in [-0.39, 0.29) is 0 Å². The monoisotopic (exact) mass is 214 g/mol. The Hall–Kier alpha value is -1.57. The van der Waals surface area contributed by atoms with Crippen molar-refractivity contribution in [2.75, 3.05) is 5.73 Å². The smallest absolute Gasteiger partial charge is 0.124 e.